The predicted octanol–water partition coefficient (Wildman–Crippen LogP) is 1.66. The third kappa shape index (κ3) is 9.36. The number of aliphatic imine (C=N–C) groups is 1. The van der Waals surface area contributed by atoms with Crippen LogP contribution >= 0.6 is 35.7 Å². The number of piperidine rings is 1. The number of nitrogens with one attached hydrogen (secondary N) is 2. The minimum Gasteiger partial charge on any atom is -0.357 e. The molecule has 2 saturated heterocycles. The van der Waals surface area contributed by atoms with Crippen molar-refractivity contribution in [2.45, 2.75) is 39.7 Å². The summed E-state index contributed by atoms with van der Waals surface area (Å²) >= 11 is 1.82. The van der Waals surface area contributed by atoms with Gasteiger partial charge in [-0.2, -0.15) is 11.8 Å². The summed E-state index contributed by atoms with van der Waals surface area (Å²) in [7, 11) is -3.20. The zero-order chi connectivity index (χ0) is 19.7. The number of nitrogens with zero attached hydrogens (tertiary/aromatic N) is 3. The molecule has 0 unspecified atom stereocenters. The lowest BCUT2D eigenvalue weighted by molar-refractivity contribution is 0.187. The quantitative estimate of drug-likeness (QED) is 0.274. The van der Waals surface area contributed by atoms with E-state index in [-0.39, 0.29) is 29.7 Å². The standard InChI is InChI=1S/C18H37N5O2S2.HI/c1-4-19-18(21-17-5-8-22(9-6-17)15-16(2)3)20-7-14-27(24,25)23-10-12-26-13-11-23;/h16-17H,4-15H2,1-3H3,(H2,19,20,21);1H. The van der Waals surface area contributed by atoms with Crippen LogP contribution in [0, 0.1) is 5.92 Å². The second-order valence-corrected chi connectivity index (χ2v) is 11.0. The van der Waals surface area contributed by atoms with E-state index in [2.05, 4.69) is 34.4 Å². The highest BCUT2D eigenvalue weighted by molar-refractivity contribution is 14.0. The maximum absolute atomic E-state index is 12.4. The number of thioether (sulfide) groups is 1. The van der Waals surface area contributed by atoms with Crippen LogP contribution in [-0.2, 0) is 10.0 Å². The molecule has 166 valence electrons. The van der Waals surface area contributed by atoms with Gasteiger partial charge in [0.25, 0.3) is 0 Å². The highest BCUT2D eigenvalue weighted by Gasteiger charge is 2.24. The van der Waals surface area contributed by atoms with Gasteiger partial charge in [0.05, 0.1) is 12.3 Å². The first-order chi connectivity index (χ1) is 12.9. The van der Waals surface area contributed by atoms with Gasteiger partial charge in [-0.05, 0) is 25.7 Å². The van der Waals surface area contributed by atoms with Gasteiger partial charge < -0.3 is 15.5 Å². The van der Waals surface area contributed by atoms with E-state index in [1.165, 1.54) is 0 Å². The molecule has 0 aromatic heterocycles. The molecule has 2 N–H and O–H groups in total. The Balaban J connectivity index is 0.00000392. The molecule has 10 heteroatoms. The summed E-state index contributed by atoms with van der Waals surface area (Å²) < 4.78 is 26.5. The van der Waals surface area contributed by atoms with Crippen molar-refractivity contribution in [3.63, 3.8) is 0 Å². The van der Waals surface area contributed by atoms with Crippen molar-refractivity contribution in [1.82, 2.24) is 19.8 Å². The monoisotopic (exact) mass is 547 g/mol. The van der Waals surface area contributed by atoms with Gasteiger partial charge in [0, 0.05) is 56.8 Å². The largest absolute Gasteiger partial charge is 0.357 e. The Morgan fingerprint density at radius 2 is 1.82 bits per heavy atom. The molecule has 0 bridgehead atoms. The molecule has 0 aromatic rings. The smallest absolute Gasteiger partial charge is 0.215 e. The zero-order valence-corrected chi connectivity index (χ0v) is 21.5. The van der Waals surface area contributed by atoms with Crippen LogP contribution in [0.1, 0.15) is 33.6 Å². The SMILES string of the molecule is CCNC(=NCCS(=O)(=O)N1CCSCC1)NC1CCN(CC(C)C)CC1.I. The summed E-state index contributed by atoms with van der Waals surface area (Å²) in [6.07, 6.45) is 2.20. The average molecular weight is 548 g/mol. The summed E-state index contributed by atoms with van der Waals surface area (Å²) in [5.74, 6) is 3.31. The van der Waals surface area contributed by atoms with Crippen LogP contribution in [0.5, 0.6) is 0 Å². The van der Waals surface area contributed by atoms with Gasteiger partial charge in [0.2, 0.25) is 10.0 Å². The maximum Gasteiger partial charge on any atom is 0.215 e. The maximum atomic E-state index is 12.4. The molecule has 0 aliphatic carbocycles. The lowest BCUT2D eigenvalue weighted by atomic mass is 10.0. The van der Waals surface area contributed by atoms with Gasteiger partial charge in [-0.25, -0.2) is 12.7 Å². The van der Waals surface area contributed by atoms with Crippen LogP contribution < -0.4 is 10.6 Å². The predicted molar refractivity (Wildman–Crippen MR) is 132 cm³/mol. The molecule has 28 heavy (non-hydrogen) atoms. The van der Waals surface area contributed by atoms with E-state index in [9.17, 15) is 8.42 Å². The Bertz CT molecular complexity index is 560. The van der Waals surface area contributed by atoms with Crippen LogP contribution in [0.4, 0.5) is 0 Å². The average Bonchev–Trinajstić information content (AvgIpc) is 2.64. The van der Waals surface area contributed by atoms with E-state index in [4.69, 9.17) is 0 Å². The van der Waals surface area contributed by atoms with Crippen molar-refractivity contribution in [2.24, 2.45) is 10.9 Å². The topological polar surface area (TPSA) is 77.0 Å². The number of likely N-dealkylation sites (tertiary alicyclic amines) is 1. The number of guanidine groups is 1. The van der Waals surface area contributed by atoms with Gasteiger partial charge in [-0.15, -0.1) is 24.0 Å². The molecule has 0 amide bonds. The molecule has 2 aliphatic heterocycles. The van der Waals surface area contributed by atoms with Crippen molar-refractivity contribution in [1.29, 1.82) is 0 Å². The Morgan fingerprint density at radius 1 is 1.18 bits per heavy atom. The molecule has 2 fully saturated rings. The molecular formula is C18H38IN5O2S2. The van der Waals surface area contributed by atoms with Crippen molar-refractivity contribution < 1.29 is 8.42 Å². The number of hydrogen-bond acceptors (Lipinski definition) is 5. The van der Waals surface area contributed by atoms with Crippen LogP contribution in [0.3, 0.4) is 0 Å². The van der Waals surface area contributed by atoms with E-state index >= 15 is 0 Å². The second-order valence-electron chi connectivity index (χ2n) is 7.70. The summed E-state index contributed by atoms with van der Waals surface area (Å²) in [5, 5.41) is 6.75. The second kappa shape index (κ2) is 13.5. The minimum absolute atomic E-state index is 0. The van der Waals surface area contributed by atoms with E-state index in [0.29, 0.717) is 31.6 Å². The van der Waals surface area contributed by atoms with E-state index < -0.39 is 10.0 Å². The van der Waals surface area contributed by atoms with Gasteiger partial charge in [0.15, 0.2) is 5.96 Å². The molecule has 7 nitrogen and oxygen atoms in total. The molecular weight excluding hydrogens is 509 g/mol. The van der Waals surface area contributed by atoms with Gasteiger partial charge in [-0.1, -0.05) is 13.8 Å². The molecule has 2 heterocycles. The van der Waals surface area contributed by atoms with Crippen molar-refractivity contribution in [2.75, 3.05) is 63.1 Å². The summed E-state index contributed by atoms with van der Waals surface area (Å²) in [4.78, 5) is 7.05. The Kier molecular flexibility index (Phi) is 12.7. The van der Waals surface area contributed by atoms with E-state index in [1.807, 2.05) is 18.7 Å². The van der Waals surface area contributed by atoms with Crippen molar-refractivity contribution in [3.05, 3.63) is 0 Å². The minimum atomic E-state index is -3.20. The molecule has 2 aliphatic rings. The lowest BCUT2D eigenvalue weighted by Crippen LogP contribution is -2.49. The summed E-state index contributed by atoms with van der Waals surface area (Å²) in [6, 6.07) is 0.405. The zero-order valence-electron chi connectivity index (χ0n) is 17.5. The molecule has 0 spiro atoms. The first-order valence-electron chi connectivity index (χ1n) is 10.2. The van der Waals surface area contributed by atoms with Crippen LogP contribution in [0.15, 0.2) is 4.99 Å². The first kappa shape index (κ1) is 26.3. The fourth-order valence-corrected chi connectivity index (χ4v) is 5.97. The molecule has 0 saturated carbocycles. The van der Waals surface area contributed by atoms with E-state index in [0.717, 1.165) is 56.5 Å². The molecule has 0 aromatic carbocycles. The van der Waals surface area contributed by atoms with Gasteiger partial charge in [0.1, 0.15) is 0 Å². The van der Waals surface area contributed by atoms with E-state index in [1.54, 1.807) is 4.31 Å². The molecule has 2 rings (SSSR count). The van der Waals surface area contributed by atoms with Crippen LogP contribution in [0.2, 0.25) is 0 Å². The Morgan fingerprint density at radius 3 is 2.39 bits per heavy atom. The Hall–Kier alpha value is 0.220. The third-order valence-corrected chi connectivity index (χ3v) is 7.67. The summed E-state index contributed by atoms with van der Waals surface area (Å²) in [5.41, 5.74) is 0. The first-order valence-corrected chi connectivity index (χ1v) is 13.0. The van der Waals surface area contributed by atoms with Crippen LogP contribution in [0.25, 0.3) is 0 Å². The fraction of sp³-hybridized carbons (Fsp3) is 0.944. The number of sulfonamides is 1. The number of hydrogen-bond donors (Lipinski definition) is 2. The van der Waals surface area contributed by atoms with Crippen LogP contribution in [-0.4, -0.2) is 92.7 Å². The van der Waals surface area contributed by atoms with Crippen molar-refractivity contribution >= 4 is 51.7 Å². The number of halogens is 1. The Labute approximate surface area is 192 Å². The van der Waals surface area contributed by atoms with Crippen molar-refractivity contribution in [3.8, 4) is 0 Å². The molecule has 0 radical (unpaired) electrons. The highest BCUT2D eigenvalue weighted by atomic mass is 127. The highest BCUT2D eigenvalue weighted by Crippen LogP contribution is 2.14. The lowest BCUT2D eigenvalue weighted by Gasteiger charge is -2.34. The molecule has 0 atom stereocenters. The normalized spacial score (nSPS) is 20.8. The van der Waals surface area contributed by atoms with Gasteiger partial charge in [-0.3, -0.25) is 4.99 Å². The third-order valence-electron chi connectivity index (χ3n) is 4.88. The summed E-state index contributed by atoms with van der Waals surface area (Å²) in [6.45, 7) is 12.3. The fourth-order valence-electron chi connectivity index (χ4n) is 3.52. The van der Waals surface area contributed by atoms with Gasteiger partial charge >= 0.3 is 0 Å². The number of rotatable bonds is 8.